The van der Waals surface area contributed by atoms with Gasteiger partial charge in [0.2, 0.25) is 0 Å². The molecule has 0 amide bonds. The van der Waals surface area contributed by atoms with Crippen molar-refractivity contribution >= 4 is 35.9 Å². The number of hydrogen-bond acceptors (Lipinski definition) is 2. The number of allylic oxidation sites excluding steroid dienone is 1. The van der Waals surface area contributed by atoms with Gasteiger partial charge in [0.25, 0.3) is 0 Å². The molecule has 2 aromatic heterocycles. The minimum Gasteiger partial charge on any atom is -0.256 e. The van der Waals surface area contributed by atoms with E-state index >= 15 is 0 Å². The number of pyridine rings is 1. The summed E-state index contributed by atoms with van der Waals surface area (Å²) in [6, 6.07) is 13.1. The molecule has 1 aromatic carbocycles. The first-order chi connectivity index (χ1) is 11.0. The maximum Gasteiger partial charge on any atom is 0.0780 e. The Hall–Kier alpha value is -1.71. The Balaban J connectivity index is 2.03. The van der Waals surface area contributed by atoms with Gasteiger partial charge >= 0.3 is 0 Å². The van der Waals surface area contributed by atoms with E-state index in [9.17, 15) is 0 Å². The van der Waals surface area contributed by atoms with Crippen molar-refractivity contribution in [2.24, 2.45) is 0 Å². The molecule has 116 valence electrons. The summed E-state index contributed by atoms with van der Waals surface area (Å²) in [7, 11) is -1.32. The van der Waals surface area contributed by atoms with Crippen molar-refractivity contribution in [1.82, 2.24) is 4.98 Å². The summed E-state index contributed by atoms with van der Waals surface area (Å²) in [5.74, 6) is 0. The minimum absolute atomic E-state index is 0.623. The highest BCUT2D eigenvalue weighted by molar-refractivity contribution is 7.11. The molecule has 1 atom stereocenters. The minimum atomic E-state index is -1.32. The molecule has 3 heteroatoms. The van der Waals surface area contributed by atoms with E-state index in [1.54, 1.807) is 11.1 Å². The average Bonchev–Trinajstić information content (AvgIpc) is 3.05. The van der Waals surface area contributed by atoms with Crippen LogP contribution in [0.15, 0.2) is 53.5 Å². The molecule has 0 N–H and O–H groups in total. The molecule has 3 aromatic rings. The number of fused-ring (bicyclic) bond motifs is 2. The Kier molecular flexibility index (Phi) is 3.32. The molecule has 23 heavy (non-hydrogen) atoms. The summed E-state index contributed by atoms with van der Waals surface area (Å²) in [4.78, 5) is 6.15. The van der Waals surface area contributed by atoms with Crippen LogP contribution in [0.4, 0.5) is 0 Å². The molecule has 1 aliphatic rings. The van der Waals surface area contributed by atoms with Gasteiger partial charge in [0, 0.05) is 33.1 Å². The number of para-hydroxylation sites is 1. The number of hydrogen-bond donors (Lipinski definition) is 0. The Morgan fingerprint density at radius 3 is 2.61 bits per heavy atom. The molecular formula is C20H21NSSi. The number of nitrogens with zero attached hydrogens (tertiary/aromatic N) is 1. The molecular weight excluding hydrogens is 314 g/mol. The van der Waals surface area contributed by atoms with Crippen LogP contribution in [0.1, 0.15) is 28.5 Å². The van der Waals surface area contributed by atoms with Gasteiger partial charge in [0.15, 0.2) is 0 Å². The number of thiophene rings is 1. The van der Waals surface area contributed by atoms with Gasteiger partial charge in [-0.1, -0.05) is 49.5 Å². The van der Waals surface area contributed by atoms with Crippen LogP contribution >= 0.6 is 11.3 Å². The van der Waals surface area contributed by atoms with E-state index in [1.165, 1.54) is 21.4 Å². The maximum absolute atomic E-state index is 4.69. The predicted molar refractivity (Wildman–Crippen MR) is 104 cm³/mol. The fourth-order valence-electron chi connectivity index (χ4n) is 4.06. The van der Waals surface area contributed by atoms with Crippen LogP contribution in [-0.4, -0.2) is 13.1 Å². The fourth-order valence-corrected chi connectivity index (χ4v) is 7.85. The van der Waals surface area contributed by atoms with Gasteiger partial charge in [-0.2, -0.15) is 0 Å². The summed E-state index contributed by atoms with van der Waals surface area (Å²) >= 11 is 1.88. The van der Waals surface area contributed by atoms with E-state index in [-0.39, 0.29) is 0 Å². The first kappa shape index (κ1) is 14.9. The third kappa shape index (κ3) is 2.22. The molecule has 2 heterocycles. The SMILES string of the molecule is CC1=C(c2cccc3cccnc23)c2sccc2C1[Si](C)(C)C. The van der Waals surface area contributed by atoms with E-state index in [4.69, 9.17) is 0 Å². The second-order valence-corrected chi connectivity index (χ2v) is 13.7. The molecule has 1 aliphatic carbocycles. The third-order valence-electron chi connectivity index (χ3n) is 4.83. The molecule has 1 nitrogen and oxygen atoms in total. The summed E-state index contributed by atoms with van der Waals surface area (Å²) in [6.45, 7) is 9.78. The van der Waals surface area contributed by atoms with Crippen molar-refractivity contribution in [2.45, 2.75) is 32.1 Å². The molecule has 0 bridgehead atoms. The Labute approximate surface area is 142 Å². The van der Waals surface area contributed by atoms with E-state index in [0.717, 1.165) is 5.52 Å². The first-order valence-corrected chi connectivity index (χ1v) is 12.6. The van der Waals surface area contributed by atoms with Crippen molar-refractivity contribution in [1.29, 1.82) is 0 Å². The fraction of sp³-hybridized carbons (Fsp3) is 0.250. The number of rotatable bonds is 2. The largest absolute Gasteiger partial charge is 0.256 e. The van der Waals surface area contributed by atoms with E-state index < -0.39 is 8.07 Å². The smallest absolute Gasteiger partial charge is 0.0780 e. The van der Waals surface area contributed by atoms with E-state index in [0.29, 0.717) is 5.54 Å². The lowest BCUT2D eigenvalue weighted by Gasteiger charge is -2.27. The predicted octanol–water partition coefficient (Wildman–Crippen LogP) is 6.09. The van der Waals surface area contributed by atoms with Crippen LogP contribution in [0.2, 0.25) is 19.6 Å². The second-order valence-electron chi connectivity index (χ2n) is 7.44. The zero-order valence-electron chi connectivity index (χ0n) is 14.1. The van der Waals surface area contributed by atoms with Crippen LogP contribution in [0.5, 0.6) is 0 Å². The monoisotopic (exact) mass is 335 g/mol. The lowest BCUT2D eigenvalue weighted by molar-refractivity contribution is 1.08. The van der Waals surface area contributed by atoms with Gasteiger partial charge in [0.1, 0.15) is 0 Å². The Bertz CT molecular complexity index is 925. The normalized spacial score (nSPS) is 17.8. The van der Waals surface area contributed by atoms with Gasteiger partial charge in [-0.05, 0) is 30.0 Å². The zero-order chi connectivity index (χ0) is 16.2. The van der Waals surface area contributed by atoms with Crippen LogP contribution in [0.25, 0.3) is 16.5 Å². The highest BCUT2D eigenvalue weighted by Gasteiger charge is 2.39. The standard InChI is InChI=1S/C20H21NSSi/c1-13-17(15-9-5-7-14-8-6-11-21-18(14)15)19-16(10-12-22-19)20(13)23(2,3)4/h5-12,20H,1-4H3. The van der Waals surface area contributed by atoms with Gasteiger partial charge in [-0.3, -0.25) is 4.98 Å². The highest BCUT2D eigenvalue weighted by atomic mass is 32.1. The van der Waals surface area contributed by atoms with Crippen LogP contribution < -0.4 is 0 Å². The summed E-state index contributed by atoms with van der Waals surface area (Å²) in [5, 5.41) is 3.47. The molecule has 0 spiro atoms. The van der Waals surface area contributed by atoms with Crippen molar-refractivity contribution in [3.8, 4) is 0 Å². The molecule has 0 radical (unpaired) electrons. The van der Waals surface area contributed by atoms with Crippen molar-refractivity contribution in [3.63, 3.8) is 0 Å². The van der Waals surface area contributed by atoms with Crippen molar-refractivity contribution in [3.05, 3.63) is 69.6 Å². The summed E-state index contributed by atoms with van der Waals surface area (Å²) in [6.07, 6.45) is 1.90. The molecule has 0 saturated heterocycles. The maximum atomic E-state index is 4.69. The van der Waals surface area contributed by atoms with Crippen molar-refractivity contribution < 1.29 is 0 Å². The van der Waals surface area contributed by atoms with Gasteiger partial charge in [-0.15, -0.1) is 11.3 Å². The van der Waals surface area contributed by atoms with Crippen molar-refractivity contribution in [2.75, 3.05) is 0 Å². The first-order valence-electron chi connectivity index (χ1n) is 8.11. The summed E-state index contributed by atoms with van der Waals surface area (Å²) in [5.41, 5.74) is 7.58. The zero-order valence-corrected chi connectivity index (χ0v) is 15.9. The topological polar surface area (TPSA) is 12.9 Å². The average molecular weight is 336 g/mol. The lowest BCUT2D eigenvalue weighted by atomic mass is 10.00. The second kappa shape index (κ2) is 5.15. The van der Waals surface area contributed by atoms with Crippen LogP contribution in [0.3, 0.4) is 0 Å². The number of benzene rings is 1. The Morgan fingerprint density at radius 1 is 1.04 bits per heavy atom. The van der Waals surface area contributed by atoms with Gasteiger partial charge in [0.05, 0.1) is 13.6 Å². The molecule has 0 fully saturated rings. The van der Waals surface area contributed by atoms with E-state index in [2.05, 4.69) is 67.3 Å². The third-order valence-corrected chi connectivity index (χ3v) is 8.25. The lowest BCUT2D eigenvalue weighted by Crippen LogP contribution is -2.30. The summed E-state index contributed by atoms with van der Waals surface area (Å²) < 4.78 is 0. The van der Waals surface area contributed by atoms with Gasteiger partial charge in [-0.25, -0.2) is 0 Å². The van der Waals surface area contributed by atoms with E-state index in [1.807, 2.05) is 23.6 Å². The molecule has 4 rings (SSSR count). The molecule has 0 aliphatic heterocycles. The van der Waals surface area contributed by atoms with Gasteiger partial charge < -0.3 is 0 Å². The highest BCUT2D eigenvalue weighted by Crippen LogP contribution is 2.51. The number of aromatic nitrogens is 1. The van der Waals surface area contributed by atoms with Crippen LogP contribution in [0, 0.1) is 0 Å². The van der Waals surface area contributed by atoms with Crippen LogP contribution in [-0.2, 0) is 0 Å². The molecule has 0 saturated carbocycles. The molecule has 1 unspecified atom stereocenters. The Morgan fingerprint density at radius 2 is 1.83 bits per heavy atom. The quantitative estimate of drug-likeness (QED) is 0.516.